The lowest BCUT2D eigenvalue weighted by molar-refractivity contribution is -0.384. The Kier molecular flexibility index (Phi) is 10.1. The van der Waals surface area contributed by atoms with E-state index in [1.165, 1.54) is 29.2 Å². The minimum absolute atomic E-state index is 0.152. The topological polar surface area (TPSA) is 118 Å². The molecule has 41 heavy (non-hydrogen) atoms. The first kappa shape index (κ1) is 29.3. The lowest BCUT2D eigenvalue weighted by atomic mass is 10.1. The maximum absolute atomic E-state index is 13.9. The molecule has 0 unspecified atom stereocenters. The Morgan fingerprint density at radius 2 is 1.71 bits per heavy atom. The van der Waals surface area contributed by atoms with E-state index in [4.69, 9.17) is 9.47 Å². The average Bonchev–Trinajstić information content (AvgIpc) is 3.41. The van der Waals surface area contributed by atoms with Gasteiger partial charge in [-0.25, -0.2) is 0 Å². The van der Waals surface area contributed by atoms with Crippen LogP contribution >= 0.6 is 0 Å². The molecule has 0 aliphatic rings. The third-order valence-electron chi connectivity index (χ3n) is 6.93. The second kappa shape index (κ2) is 14.1. The van der Waals surface area contributed by atoms with Crippen LogP contribution in [0.2, 0.25) is 0 Å². The van der Waals surface area contributed by atoms with Gasteiger partial charge < -0.3 is 24.3 Å². The van der Waals surface area contributed by atoms with Gasteiger partial charge in [-0.1, -0.05) is 42.5 Å². The summed E-state index contributed by atoms with van der Waals surface area (Å²) in [5.74, 6) is -0.0269. The maximum atomic E-state index is 13.9. The van der Waals surface area contributed by atoms with E-state index in [2.05, 4.69) is 4.98 Å². The molecule has 0 aliphatic heterocycles. The van der Waals surface area contributed by atoms with Crippen molar-refractivity contribution >= 4 is 28.4 Å². The Morgan fingerprint density at radius 3 is 2.49 bits per heavy atom. The molecule has 3 aromatic carbocycles. The first-order valence-electron chi connectivity index (χ1n) is 13.4. The SMILES string of the molecule is COCCCN(CC(=O)N(CCc1c[nH]c2ccccc12)Cc1ccccc1OC)C(=O)c1cccc([N+](=O)[O-])c1. The highest BCUT2D eigenvalue weighted by Crippen LogP contribution is 2.22. The number of nitrogens with one attached hydrogen (secondary N) is 1. The lowest BCUT2D eigenvalue weighted by Crippen LogP contribution is -2.44. The van der Waals surface area contributed by atoms with E-state index in [1.807, 2.05) is 54.7 Å². The number of fused-ring (bicyclic) bond motifs is 1. The Bertz CT molecular complexity index is 1500. The van der Waals surface area contributed by atoms with E-state index in [1.54, 1.807) is 19.1 Å². The Labute approximate surface area is 238 Å². The van der Waals surface area contributed by atoms with Crippen LogP contribution in [0.5, 0.6) is 5.75 Å². The number of amides is 2. The van der Waals surface area contributed by atoms with Gasteiger partial charge in [-0.2, -0.15) is 0 Å². The third kappa shape index (κ3) is 7.49. The number of methoxy groups -OCH3 is 2. The Morgan fingerprint density at radius 1 is 0.927 bits per heavy atom. The van der Waals surface area contributed by atoms with Crippen LogP contribution in [0, 0.1) is 10.1 Å². The molecule has 4 rings (SSSR count). The number of aromatic amines is 1. The Balaban J connectivity index is 1.59. The summed E-state index contributed by atoms with van der Waals surface area (Å²) in [6, 6.07) is 21.1. The zero-order valence-electron chi connectivity index (χ0n) is 23.2. The van der Waals surface area contributed by atoms with Gasteiger partial charge in [0.25, 0.3) is 11.6 Å². The monoisotopic (exact) mass is 558 g/mol. The molecule has 0 radical (unpaired) electrons. The van der Waals surface area contributed by atoms with Gasteiger partial charge in [0.1, 0.15) is 12.3 Å². The van der Waals surface area contributed by atoms with Crippen LogP contribution < -0.4 is 4.74 Å². The smallest absolute Gasteiger partial charge is 0.270 e. The number of non-ortho nitro benzene ring substituents is 1. The lowest BCUT2D eigenvalue weighted by Gasteiger charge is -2.28. The van der Waals surface area contributed by atoms with Gasteiger partial charge in [-0.3, -0.25) is 19.7 Å². The predicted molar refractivity (Wildman–Crippen MR) is 156 cm³/mol. The molecule has 4 aromatic rings. The summed E-state index contributed by atoms with van der Waals surface area (Å²) in [7, 11) is 3.16. The number of carbonyl (C=O) groups excluding carboxylic acids is 2. The van der Waals surface area contributed by atoms with E-state index in [9.17, 15) is 19.7 Å². The number of ether oxygens (including phenoxy) is 2. The molecule has 0 aliphatic carbocycles. The molecule has 0 atom stereocenters. The largest absolute Gasteiger partial charge is 0.496 e. The van der Waals surface area contributed by atoms with Crippen molar-refractivity contribution in [2.24, 2.45) is 0 Å². The number of para-hydroxylation sites is 2. The number of rotatable bonds is 14. The molecule has 2 amide bonds. The van der Waals surface area contributed by atoms with Crippen molar-refractivity contribution in [3.05, 3.63) is 106 Å². The van der Waals surface area contributed by atoms with E-state index in [-0.39, 0.29) is 30.2 Å². The molecule has 10 heteroatoms. The fourth-order valence-corrected chi connectivity index (χ4v) is 4.78. The molecule has 0 saturated carbocycles. The number of hydrogen-bond acceptors (Lipinski definition) is 6. The molecular formula is C31H34N4O6. The molecule has 0 bridgehead atoms. The van der Waals surface area contributed by atoms with E-state index in [0.29, 0.717) is 38.3 Å². The minimum atomic E-state index is -0.545. The minimum Gasteiger partial charge on any atom is -0.496 e. The van der Waals surface area contributed by atoms with Crippen LogP contribution in [0.4, 0.5) is 5.69 Å². The summed E-state index contributed by atoms with van der Waals surface area (Å²) in [5.41, 5.74) is 2.92. The van der Waals surface area contributed by atoms with Crippen molar-refractivity contribution in [2.75, 3.05) is 40.5 Å². The number of nitro groups is 1. The molecule has 1 N–H and O–H groups in total. The van der Waals surface area contributed by atoms with Crippen LogP contribution in [0.3, 0.4) is 0 Å². The highest BCUT2D eigenvalue weighted by atomic mass is 16.6. The quantitative estimate of drug-likeness (QED) is 0.135. The van der Waals surface area contributed by atoms with Crippen LogP contribution in [0.1, 0.15) is 27.9 Å². The number of carbonyl (C=O) groups is 2. The van der Waals surface area contributed by atoms with Crippen molar-refractivity contribution in [3.8, 4) is 5.75 Å². The van der Waals surface area contributed by atoms with Crippen molar-refractivity contribution in [1.82, 2.24) is 14.8 Å². The summed E-state index contributed by atoms with van der Waals surface area (Å²) in [6.45, 7) is 1.18. The average molecular weight is 559 g/mol. The van der Waals surface area contributed by atoms with E-state index < -0.39 is 10.8 Å². The highest BCUT2D eigenvalue weighted by molar-refractivity contribution is 5.97. The normalized spacial score (nSPS) is 10.9. The van der Waals surface area contributed by atoms with Crippen LogP contribution in [0.25, 0.3) is 10.9 Å². The fourth-order valence-electron chi connectivity index (χ4n) is 4.78. The van der Waals surface area contributed by atoms with Gasteiger partial charge in [0.05, 0.1) is 12.0 Å². The van der Waals surface area contributed by atoms with Gasteiger partial charge in [0.15, 0.2) is 0 Å². The second-order valence-corrected chi connectivity index (χ2v) is 9.62. The number of H-pyrrole nitrogens is 1. The van der Waals surface area contributed by atoms with Crippen molar-refractivity contribution in [1.29, 1.82) is 0 Å². The first-order valence-corrected chi connectivity index (χ1v) is 13.4. The summed E-state index contributed by atoms with van der Waals surface area (Å²) >= 11 is 0. The van der Waals surface area contributed by atoms with E-state index in [0.717, 1.165) is 22.0 Å². The van der Waals surface area contributed by atoms with Crippen LogP contribution in [-0.4, -0.2) is 72.0 Å². The second-order valence-electron chi connectivity index (χ2n) is 9.62. The zero-order valence-corrected chi connectivity index (χ0v) is 23.2. The number of nitro benzene ring substituents is 1. The predicted octanol–water partition coefficient (Wildman–Crippen LogP) is 4.83. The van der Waals surface area contributed by atoms with Gasteiger partial charge in [0, 0.05) is 73.7 Å². The molecule has 0 saturated heterocycles. The molecule has 10 nitrogen and oxygen atoms in total. The zero-order chi connectivity index (χ0) is 29.2. The van der Waals surface area contributed by atoms with Gasteiger partial charge in [-0.05, 0) is 36.6 Å². The number of nitrogens with zero attached hydrogens (tertiary/aromatic N) is 3. The number of hydrogen-bond donors (Lipinski definition) is 1. The maximum Gasteiger partial charge on any atom is 0.270 e. The number of aromatic nitrogens is 1. The van der Waals surface area contributed by atoms with Gasteiger partial charge >= 0.3 is 0 Å². The summed E-state index contributed by atoms with van der Waals surface area (Å²) in [6.07, 6.45) is 3.07. The Hall–Kier alpha value is -4.70. The van der Waals surface area contributed by atoms with Gasteiger partial charge in [-0.15, -0.1) is 0 Å². The van der Waals surface area contributed by atoms with Crippen molar-refractivity contribution in [3.63, 3.8) is 0 Å². The standard InChI is InChI=1S/C31H34N4O6/c1-40-18-8-16-34(31(37)23-10-7-11-26(19-23)35(38)39)22-30(36)33(21-25-9-3-6-14-29(25)41-2)17-15-24-20-32-28-13-5-4-12-27(24)28/h3-7,9-14,19-20,32H,8,15-18,21-22H2,1-2H3. The fraction of sp³-hybridized carbons (Fsp3) is 0.290. The summed E-state index contributed by atoms with van der Waals surface area (Å²) < 4.78 is 10.7. The molecule has 1 heterocycles. The molecule has 0 fully saturated rings. The summed E-state index contributed by atoms with van der Waals surface area (Å²) in [5, 5.41) is 12.4. The molecule has 0 spiro atoms. The molecular weight excluding hydrogens is 524 g/mol. The van der Waals surface area contributed by atoms with Crippen LogP contribution in [-0.2, 0) is 22.5 Å². The third-order valence-corrected chi connectivity index (χ3v) is 6.93. The van der Waals surface area contributed by atoms with E-state index >= 15 is 0 Å². The van der Waals surface area contributed by atoms with Crippen molar-refractivity contribution < 1.29 is 24.0 Å². The van der Waals surface area contributed by atoms with Crippen molar-refractivity contribution in [2.45, 2.75) is 19.4 Å². The summed E-state index contributed by atoms with van der Waals surface area (Å²) in [4.78, 5) is 44.5. The molecule has 214 valence electrons. The van der Waals surface area contributed by atoms with Gasteiger partial charge in [0.2, 0.25) is 5.91 Å². The molecule has 1 aromatic heterocycles. The highest BCUT2D eigenvalue weighted by Gasteiger charge is 2.24. The first-order chi connectivity index (χ1) is 19.9. The van der Waals surface area contributed by atoms with Crippen LogP contribution in [0.15, 0.2) is 79.0 Å². The number of benzene rings is 3.